The van der Waals surface area contributed by atoms with Crippen molar-refractivity contribution in [2.45, 2.75) is 13.5 Å². The van der Waals surface area contributed by atoms with Crippen molar-refractivity contribution in [3.05, 3.63) is 59.9 Å². The molecule has 0 saturated heterocycles. The molecule has 0 N–H and O–H groups in total. The number of hydrogen-bond acceptors (Lipinski definition) is 3. The number of aldehydes is 1. The zero-order valence-corrected chi connectivity index (χ0v) is 10.4. The summed E-state index contributed by atoms with van der Waals surface area (Å²) in [6.07, 6.45) is 2.66. The van der Waals surface area contributed by atoms with E-state index in [1.165, 1.54) is 0 Å². The molecule has 0 atom stereocenters. The number of nitrogens with zero attached hydrogens (tertiary/aromatic N) is 2. The van der Waals surface area contributed by atoms with Gasteiger partial charge in [-0.2, -0.15) is 0 Å². The minimum atomic E-state index is 0.702. The molecule has 1 aromatic carbocycles. The maximum absolute atomic E-state index is 10.6. The average molecular weight is 240 g/mol. The number of carbonyl (C=O) groups is 1. The van der Waals surface area contributed by atoms with E-state index in [1.54, 1.807) is 6.20 Å². The molecule has 2 rings (SSSR count). The van der Waals surface area contributed by atoms with Gasteiger partial charge in [0.1, 0.15) is 6.29 Å². The maximum Gasteiger partial charge on any atom is 0.150 e. The lowest BCUT2D eigenvalue weighted by atomic mass is 10.2. The van der Waals surface area contributed by atoms with Crippen LogP contribution in [0.4, 0.5) is 5.69 Å². The Hall–Kier alpha value is -2.16. The predicted molar refractivity (Wildman–Crippen MR) is 72.8 cm³/mol. The molecule has 1 aromatic heterocycles. The van der Waals surface area contributed by atoms with Crippen molar-refractivity contribution in [1.82, 2.24) is 4.98 Å². The normalized spacial score (nSPS) is 10.1. The largest absolute Gasteiger partial charge is 0.366 e. The lowest BCUT2D eigenvalue weighted by Gasteiger charge is -2.22. The SMILES string of the molecule is CCN(Cc1ccccn1)c1ccc(C=O)cc1. The second-order valence-corrected chi connectivity index (χ2v) is 4.04. The van der Waals surface area contributed by atoms with Gasteiger partial charge in [-0.15, -0.1) is 0 Å². The van der Waals surface area contributed by atoms with Gasteiger partial charge in [-0.25, -0.2) is 0 Å². The van der Waals surface area contributed by atoms with Crippen LogP contribution in [0.3, 0.4) is 0 Å². The summed E-state index contributed by atoms with van der Waals surface area (Å²) in [6.45, 7) is 3.78. The molecule has 0 unspecified atom stereocenters. The Morgan fingerprint density at radius 3 is 2.50 bits per heavy atom. The summed E-state index contributed by atoms with van der Waals surface area (Å²) in [5.74, 6) is 0. The van der Waals surface area contributed by atoms with Gasteiger partial charge in [0, 0.05) is 24.0 Å². The zero-order valence-electron chi connectivity index (χ0n) is 10.4. The quantitative estimate of drug-likeness (QED) is 0.753. The van der Waals surface area contributed by atoms with Crippen LogP contribution in [-0.2, 0) is 6.54 Å². The van der Waals surface area contributed by atoms with Crippen LogP contribution in [0.5, 0.6) is 0 Å². The molecule has 0 aliphatic heterocycles. The van der Waals surface area contributed by atoms with Crippen molar-refractivity contribution in [3.63, 3.8) is 0 Å². The Labute approximate surface area is 107 Å². The van der Waals surface area contributed by atoms with Crippen molar-refractivity contribution in [2.24, 2.45) is 0 Å². The van der Waals surface area contributed by atoms with E-state index in [2.05, 4.69) is 16.8 Å². The highest BCUT2D eigenvalue weighted by Gasteiger charge is 2.05. The first kappa shape index (κ1) is 12.3. The molecule has 1 heterocycles. The minimum absolute atomic E-state index is 0.702. The first-order chi connectivity index (χ1) is 8.83. The number of aromatic nitrogens is 1. The van der Waals surface area contributed by atoms with Crippen LogP contribution in [0.15, 0.2) is 48.7 Å². The predicted octanol–water partition coefficient (Wildman–Crippen LogP) is 2.92. The topological polar surface area (TPSA) is 33.2 Å². The molecule has 3 heteroatoms. The zero-order chi connectivity index (χ0) is 12.8. The van der Waals surface area contributed by atoms with Crippen LogP contribution in [0.2, 0.25) is 0 Å². The third-order valence-electron chi connectivity index (χ3n) is 2.86. The molecule has 0 spiro atoms. The summed E-state index contributed by atoms with van der Waals surface area (Å²) in [4.78, 5) is 17.2. The van der Waals surface area contributed by atoms with Gasteiger partial charge in [-0.3, -0.25) is 9.78 Å². The molecular formula is C15H16N2O. The Kier molecular flexibility index (Phi) is 4.07. The van der Waals surface area contributed by atoms with E-state index in [0.717, 1.165) is 30.8 Å². The van der Waals surface area contributed by atoms with Crippen LogP contribution in [0, 0.1) is 0 Å². The number of rotatable bonds is 5. The second-order valence-electron chi connectivity index (χ2n) is 4.04. The van der Waals surface area contributed by atoms with Crippen molar-refractivity contribution < 1.29 is 4.79 Å². The fourth-order valence-electron chi connectivity index (χ4n) is 1.84. The summed E-state index contributed by atoms with van der Waals surface area (Å²) in [5.41, 5.74) is 2.85. The molecule has 2 aromatic rings. The van der Waals surface area contributed by atoms with Crippen molar-refractivity contribution in [2.75, 3.05) is 11.4 Å². The summed E-state index contributed by atoms with van der Waals surface area (Å²) >= 11 is 0. The summed E-state index contributed by atoms with van der Waals surface area (Å²) in [7, 11) is 0. The molecule has 0 aliphatic carbocycles. The number of hydrogen-bond donors (Lipinski definition) is 0. The highest BCUT2D eigenvalue weighted by Crippen LogP contribution is 2.16. The summed E-state index contributed by atoms with van der Waals surface area (Å²) in [5, 5.41) is 0. The van der Waals surface area contributed by atoms with Crippen molar-refractivity contribution >= 4 is 12.0 Å². The average Bonchev–Trinajstić information content (AvgIpc) is 2.46. The molecule has 0 bridgehead atoms. The molecule has 92 valence electrons. The van der Waals surface area contributed by atoms with Gasteiger partial charge in [0.25, 0.3) is 0 Å². The molecule has 0 aliphatic rings. The van der Waals surface area contributed by atoms with Gasteiger partial charge >= 0.3 is 0 Å². The van der Waals surface area contributed by atoms with E-state index in [1.807, 2.05) is 42.5 Å². The molecule has 3 nitrogen and oxygen atoms in total. The van der Waals surface area contributed by atoms with Gasteiger partial charge in [-0.05, 0) is 43.3 Å². The van der Waals surface area contributed by atoms with Crippen LogP contribution >= 0.6 is 0 Å². The highest BCUT2D eigenvalue weighted by atomic mass is 16.1. The number of benzene rings is 1. The van der Waals surface area contributed by atoms with Gasteiger partial charge in [0.15, 0.2) is 0 Å². The van der Waals surface area contributed by atoms with Gasteiger partial charge in [-0.1, -0.05) is 6.07 Å². The Bertz CT molecular complexity index is 494. The van der Waals surface area contributed by atoms with Crippen LogP contribution in [0.25, 0.3) is 0 Å². The lowest BCUT2D eigenvalue weighted by Crippen LogP contribution is -2.22. The first-order valence-corrected chi connectivity index (χ1v) is 6.03. The van der Waals surface area contributed by atoms with Gasteiger partial charge in [0.05, 0.1) is 12.2 Å². The number of anilines is 1. The van der Waals surface area contributed by atoms with Crippen LogP contribution in [-0.4, -0.2) is 17.8 Å². The van der Waals surface area contributed by atoms with E-state index in [4.69, 9.17) is 0 Å². The van der Waals surface area contributed by atoms with Crippen LogP contribution in [0.1, 0.15) is 23.0 Å². The van der Waals surface area contributed by atoms with E-state index >= 15 is 0 Å². The Balaban J connectivity index is 2.15. The molecule has 0 fully saturated rings. The van der Waals surface area contributed by atoms with Gasteiger partial charge in [0.2, 0.25) is 0 Å². The van der Waals surface area contributed by atoms with E-state index < -0.39 is 0 Å². The molecular weight excluding hydrogens is 224 g/mol. The fraction of sp³-hybridized carbons (Fsp3) is 0.200. The Morgan fingerprint density at radius 1 is 1.17 bits per heavy atom. The highest BCUT2D eigenvalue weighted by molar-refractivity contribution is 5.75. The smallest absolute Gasteiger partial charge is 0.150 e. The third-order valence-corrected chi connectivity index (χ3v) is 2.86. The monoisotopic (exact) mass is 240 g/mol. The molecule has 0 amide bonds. The lowest BCUT2D eigenvalue weighted by molar-refractivity contribution is 0.112. The van der Waals surface area contributed by atoms with Crippen molar-refractivity contribution in [1.29, 1.82) is 0 Å². The minimum Gasteiger partial charge on any atom is -0.366 e. The summed E-state index contributed by atoms with van der Waals surface area (Å²) < 4.78 is 0. The fourth-order valence-corrected chi connectivity index (χ4v) is 1.84. The molecule has 0 saturated carbocycles. The standard InChI is InChI=1S/C15H16N2O/c1-2-17(11-14-5-3-4-10-16-14)15-8-6-13(12-18)7-9-15/h3-10,12H,2,11H2,1H3. The number of carbonyl (C=O) groups excluding carboxylic acids is 1. The number of pyridine rings is 1. The van der Waals surface area contributed by atoms with Crippen LogP contribution < -0.4 is 4.90 Å². The Morgan fingerprint density at radius 2 is 1.94 bits per heavy atom. The second kappa shape index (κ2) is 5.96. The third kappa shape index (κ3) is 2.94. The van der Waals surface area contributed by atoms with E-state index in [-0.39, 0.29) is 0 Å². The first-order valence-electron chi connectivity index (χ1n) is 6.03. The van der Waals surface area contributed by atoms with E-state index in [9.17, 15) is 4.79 Å². The molecule has 0 radical (unpaired) electrons. The van der Waals surface area contributed by atoms with E-state index in [0.29, 0.717) is 5.56 Å². The maximum atomic E-state index is 10.6. The summed E-state index contributed by atoms with van der Waals surface area (Å²) in [6, 6.07) is 13.5. The molecule has 18 heavy (non-hydrogen) atoms. The van der Waals surface area contributed by atoms with Gasteiger partial charge < -0.3 is 4.90 Å². The van der Waals surface area contributed by atoms with Crippen molar-refractivity contribution in [3.8, 4) is 0 Å².